The summed E-state index contributed by atoms with van der Waals surface area (Å²) in [5, 5.41) is 13.6. The summed E-state index contributed by atoms with van der Waals surface area (Å²) in [5.41, 5.74) is 1.51. The minimum Gasteiger partial charge on any atom is -0.619 e. The molecule has 0 spiro atoms. The topological polar surface area (TPSA) is 122 Å². The van der Waals surface area contributed by atoms with Gasteiger partial charge in [0.05, 0.1) is 25.2 Å². The van der Waals surface area contributed by atoms with E-state index in [4.69, 9.17) is 37.4 Å². The number of hydrogen-bond donors (Lipinski definition) is 0. The van der Waals surface area contributed by atoms with Gasteiger partial charge in [-0.1, -0.05) is 34.8 Å². The van der Waals surface area contributed by atoms with E-state index in [2.05, 4.69) is 9.64 Å². The lowest BCUT2D eigenvalue weighted by molar-refractivity contribution is -0.605. The van der Waals surface area contributed by atoms with Crippen LogP contribution < -0.4 is 18.5 Å². The fourth-order valence-electron chi connectivity index (χ4n) is 5.30. The molecule has 1 atom stereocenters. The van der Waals surface area contributed by atoms with Crippen LogP contribution in [0.5, 0.6) is 11.5 Å². The first-order valence-corrected chi connectivity index (χ1v) is 19.1. The number of morpholine rings is 1. The highest BCUT2D eigenvalue weighted by Crippen LogP contribution is 2.39. The van der Waals surface area contributed by atoms with Gasteiger partial charge in [0, 0.05) is 38.2 Å². The molecule has 50 heavy (non-hydrogen) atoms. The van der Waals surface area contributed by atoms with E-state index < -0.39 is 28.7 Å². The van der Waals surface area contributed by atoms with Crippen molar-refractivity contribution in [2.75, 3.05) is 50.3 Å². The number of hydrogen-bond acceptors (Lipinski definition) is 10. The minimum atomic E-state index is -3.83. The zero-order valence-corrected chi connectivity index (χ0v) is 29.9. The number of pyridine rings is 1. The van der Waals surface area contributed by atoms with E-state index in [1.807, 2.05) is 0 Å². The molecule has 0 unspecified atom stereocenters. The number of benzene rings is 1. The standard InChI is InChI=1S/C33H35Cl2F2N3O8S2/c34-25-17-39(42)18-26(35)24(25)16-28(23-5-6-27(48-33(36)37)29(15-23)46-19-21-1-2-21)47-32(41)30-7-8-31(49-30)40(50(43,44)20-22-3-4-22)10-9-38-11-13-45-14-12-38/h5-8,15,17-18,20-21,28,33H,1-4,9-14,16,19H2/t28-/m0/s1. The Labute approximate surface area is 302 Å². The smallest absolute Gasteiger partial charge is 0.387 e. The molecule has 3 aromatic rings. The first kappa shape index (κ1) is 36.6. The van der Waals surface area contributed by atoms with Crippen molar-refractivity contribution in [2.24, 2.45) is 5.92 Å². The number of ether oxygens (including phenoxy) is 4. The second-order valence-corrected chi connectivity index (χ2v) is 15.8. The molecule has 1 aromatic carbocycles. The van der Waals surface area contributed by atoms with Crippen LogP contribution >= 0.6 is 34.5 Å². The summed E-state index contributed by atoms with van der Waals surface area (Å²) in [6, 6.07) is 7.29. The second-order valence-electron chi connectivity index (χ2n) is 12.2. The normalized spacial score (nSPS) is 17.0. The van der Waals surface area contributed by atoms with E-state index in [1.54, 1.807) is 6.07 Å². The molecule has 11 nitrogen and oxygen atoms in total. The largest absolute Gasteiger partial charge is 0.619 e. The number of esters is 1. The Bertz CT molecular complexity index is 1810. The van der Waals surface area contributed by atoms with Gasteiger partial charge in [-0.3, -0.25) is 9.21 Å². The van der Waals surface area contributed by atoms with E-state index >= 15 is 0 Å². The van der Waals surface area contributed by atoms with E-state index in [-0.39, 0.29) is 39.4 Å². The average Bonchev–Trinajstić information content (AvgIpc) is 4.01. The third-order valence-electron chi connectivity index (χ3n) is 8.35. The van der Waals surface area contributed by atoms with Gasteiger partial charge in [-0.05, 0) is 61.4 Å². The maximum absolute atomic E-state index is 13.8. The van der Waals surface area contributed by atoms with E-state index in [1.165, 1.54) is 34.0 Å². The van der Waals surface area contributed by atoms with Crippen molar-refractivity contribution in [1.29, 1.82) is 0 Å². The Morgan fingerprint density at radius 2 is 1.84 bits per heavy atom. The lowest BCUT2D eigenvalue weighted by atomic mass is 10.0. The zero-order valence-electron chi connectivity index (χ0n) is 26.8. The fraction of sp³-hybridized carbons (Fsp3) is 0.455. The third kappa shape index (κ3) is 9.76. The van der Waals surface area contributed by atoms with E-state index in [0.717, 1.165) is 55.0 Å². The molecule has 3 aliphatic rings. The monoisotopic (exact) mass is 773 g/mol. The molecule has 3 fully saturated rings. The van der Waals surface area contributed by atoms with Gasteiger partial charge in [0.1, 0.15) is 26.0 Å². The number of anilines is 1. The number of alkyl halides is 2. The van der Waals surface area contributed by atoms with Gasteiger partial charge >= 0.3 is 12.6 Å². The highest BCUT2D eigenvalue weighted by molar-refractivity contribution is 7.95. The Morgan fingerprint density at radius 3 is 2.50 bits per heavy atom. The van der Waals surface area contributed by atoms with Crippen LogP contribution in [0.4, 0.5) is 13.8 Å². The van der Waals surface area contributed by atoms with Gasteiger partial charge in [-0.2, -0.15) is 13.5 Å². The van der Waals surface area contributed by atoms with Crippen LogP contribution in [-0.4, -0.2) is 71.9 Å². The molecule has 0 radical (unpaired) electrons. The van der Waals surface area contributed by atoms with Gasteiger partial charge in [0.2, 0.25) is 0 Å². The van der Waals surface area contributed by atoms with Gasteiger partial charge in [0.25, 0.3) is 10.0 Å². The van der Waals surface area contributed by atoms with Crippen LogP contribution in [0.1, 0.15) is 52.6 Å². The number of halogens is 4. The molecule has 1 aliphatic heterocycles. The highest BCUT2D eigenvalue weighted by atomic mass is 35.5. The molecule has 0 amide bonds. The van der Waals surface area contributed by atoms with Crippen molar-refractivity contribution in [1.82, 2.24) is 4.90 Å². The first-order chi connectivity index (χ1) is 23.9. The summed E-state index contributed by atoms with van der Waals surface area (Å²) in [7, 11) is -3.83. The van der Waals surface area contributed by atoms with Crippen LogP contribution in [-0.2, 0) is 25.9 Å². The SMILES string of the molecule is O=C(O[C@@H](Cc1c(Cl)c[n+]([O-])cc1Cl)c1ccc(OC(F)F)c(OCC2CC2)c1)c1ccc(N(CCN2CCOCC2)S(=O)(=O)C=C2CC2)s1. The number of rotatable bonds is 16. The van der Waals surface area contributed by atoms with Gasteiger partial charge < -0.3 is 24.2 Å². The van der Waals surface area contributed by atoms with Crippen LogP contribution in [0.2, 0.25) is 10.0 Å². The van der Waals surface area contributed by atoms with Crippen molar-refractivity contribution < 1.29 is 45.7 Å². The summed E-state index contributed by atoms with van der Waals surface area (Å²) < 4.78 is 77.1. The van der Waals surface area contributed by atoms with E-state index in [0.29, 0.717) is 66.2 Å². The summed E-state index contributed by atoms with van der Waals surface area (Å²) in [5.74, 6) is -0.603. The van der Waals surface area contributed by atoms with Crippen molar-refractivity contribution in [2.45, 2.75) is 44.8 Å². The Balaban J connectivity index is 1.28. The van der Waals surface area contributed by atoms with Crippen LogP contribution in [0, 0.1) is 11.1 Å². The summed E-state index contributed by atoms with van der Waals surface area (Å²) in [6.07, 6.45) is 4.42. The predicted octanol–water partition coefficient (Wildman–Crippen LogP) is 6.37. The van der Waals surface area contributed by atoms with Gasteiger partial charge in [-0.15, -0.1) is 11.3 Å². The highest BCUT2D eigenvalue weighted by Gasteiger charge is 2.30. The number of thiophene rings is 1. The van der Waals surface area contributed by atoms with Crippen molar-refractivity contribution >= 4 is 55.5 Å². The van der Waals surface area contributed by atoms with Gasteiger partial charge in [-0.25, -0.2) is 13.2 Å². The number of nitrogens with zero attached hydrogens (tertiary/aromatic N) is 3. The fourth-order valence-corrected chi connectivity index (χ4v) is 8.58. The molecule has 2 saturated carbocycles. The average molecular weight is 775 g/mol. The molecular formula is C33H35Cl2F2N3O8S2. The molecule has 6 rings (SSSR count). The lowest BCUT2D eigenvalue weighted by Crippen LogP contribution is -2.42. The van der Waals surface area contributed by atoms with Gasteiger partial charge in [0.15, 0.2) is 23.9 Å². The molecule has 2 aromatic heterocycles. The lowest BCUT2D eigenvalue weighted by Gasteiger charge is -2.29. The Hall–Kier alpha value is -3.21. The van der Waals surface area contributed by atoms with Crippen molar-refractivity contribution in [3.63, 3.8) is 0 Å². The third-order valence-corrected chi connectivity index (χ3v) is 11.8. The molecular weight excluding hydrogens is 739 g/mol. The maximum atomic E-state index is 13.8. The molecule has 1 saturated heterocycles. The Morgan fingerprint density at radius 1 is 1.12 bits per heavy atom. The quantitative estimate of drug-likeness (QED) is 0.0930. The van der Waals surface area contributed by atoms with E-state index in [9.17, 15) is 27.2 Å². The summed E-state index contributed by atoms with van der Waals surface area (Å²) >= 11 is 13.7. The molecule has 0 N–H and O–H groups in total. The molecule has 17 heteroatoms. The Kier molecular flexibility index (Phi) is 11.7. The van der Waals surface area contributed by atoms with Crippen LogP contribution in [0.15, 0.2) is 53.7 Å². The predicted molar refractivity (Wildman–Crippen MR) is 184 cm³/mol. The first-order valence-electron chi connectivity index (χ1n) is 16.1. The van der Waals surface area contributed by atoms with Crippen LogP contribution in [0.25, 0.3) is 0 Å². The number of carbonyl (C=O) groups excluding carboxylic acids is 1. The van der Waals surface area contributed by atoms with Crippen molar-refractivity contribution in [3.05, 3.63) is 85.0 Å². The number of allylic oxidation sites excluding steroid dienone is 1. The minimum absolute atomic E-state index is 0.0284. The molecule has 2 aliphatic carbocycles. The van der Waals surface area contributed by atoms with Crippen LogP contribution in [0.3, 0.4) is 0 Å². The molecule has 0 bridgehead atoms. The van der Waals surface area contributed by atoms with Crippen molar-refractivity contribution in [3.8, 4) is 11.5 Å². The second kappa shape index (κ2) is 16.0. The maximum Gasteiger partial charge on any atom is 0.387 e. The number of sulfonamides is 1. The molecule has 270 valence electrons. The summed E-state index contributed by atoms with van der Waals surface area (Å²) in [6.45, 7) is 0.362. The number of carbonyl (C=O) groups is 1. The zero-order chi connectivity index (χ0) is 35.4. The number of aromatic nitrogens is 1. The summed E-state index contributed by atoms with van der Waals surface area (Å²) in [4.78, 5) is 16.0. The molecule has 3 heterocycles.